The Morgan fingerprint density at radius 1 is 1.24 bits per heavy atom. The third-order valence-corrected chi connectivity index (χ3v) is 6.00. The van der Waals surface area contributed by atoms with E-state index in [-0.39, 0.29) is 5.75 Å². The van der Waals surface area contributed by atoms with Crippen LogP contribution in [0.25, 0.3) is 16.4 Å². The molecule has 2 N–H and O–H groups in total. The summed E-state index contributed by atoms with van der Waals surface area (Å²) in [6, 6.07) is 8.41. The Morgan fingerprint density at radius 3 is 2.64 bits per heavy atom. The van der Waals surface area contributed by atoms with Gasteiger partial charge in [-0.1, -0.05) is 6.07 Å². The summed E-state index contributed by atoms with van der Waals surface area (Å²) < 4.78 is 36.7. The smallest absolute Gasteiger partial charge is 0.312 e. The summed E-state index contributed by atoms with van der Waals surface area (Å²) in [4.78, 5) is 12.0. The van der Waals surface area contributed by atoms with E-state index >= 15 is 0 Å². The van der Waals surface area contributed by atoms with Crippen LogP contribution in [0.5, 0.6) is 11.5 Å². The van der Waals surface area contributed by atoms with Crippen molar-refractivity contribution in [3.05, 3.63) is 42.1 Å². The lowest BCUT2D eigenvalue weighted by Crippen LogP contribution is -2.14. The molecule has 1 amide bonds. The van der Waals surface area contributed by atoms with Crippen molar-refractivity contribution in [3.63, 3.8) is 0 Å². The molecule has 1 fully saturated rings. The number of rotatable bonds is 5. The van der Waals surface area contributed by atoms with E-state index in [1.807, 2.05) is 0 Å². The molecule has 0 atom stereocenters. The Bertz CT molecular complexity index is 1110. The molecule has 0 bridgehead atoms. The molecule has 3 aromatic rings. The van der Waals surface area contributed by atoms with Gasteiger partial charge in [0.15, 0.2) is 0 Å². The molecule has 2 aromatic heterocycles. The summed E-state index contributed by atoms with van der Waals surface area (Å²) in [5.41, 5.74) is 7.09. The van der Waals surface area contributed by atoms with E-state index in [9.17, 15) is 13.2 Å². The van der Waals surface area contributed by atoms with Gasteiger partial charge in [0.25, 0.3) is 5.91 Å². The van der Waals surface area contributed by atoms with Crippen molar-refractivity contribution in [2.75, 3.05) is 7.11 Å². The van der Waals surface area contributed by atoms with Crippen molar-refractivity contribution in [3.8, 4) is 11.5 Å². The van der Waals surface area contributed by atoms with Crippen molar-refractivity contribution in [2.24, 2.45) is 5.73 Å². The first-order valence-corrected chi connectivity index (χ1v) is 9.23. The number of amides is 1. The molecule has 7 nitrogen and oxygen atoms in total. The van der Waals surface area contributed by atoms with Crippen molar-refractivity contribution < 1.29 is 22.1 Å². The van der Waals surface area contributed by atoms with Crippen LogP contribution in [-0.4, -0.2) is 31.1 Å². The molecular formula is C17H16N2O5S. The third kappa shape index (κ3) is 2.49. The fourth-order valence-electron chi connectivity index (χ4n) is 3.02. The average Bonchev–Trinajstić information content (AvgIpc) is 3.37. The van der Waals surface area contributed by atoms with Crippen LogP contribution in [0.15, 0.2) is 36.5 Å². The maximum absolute atomic E-state index is 12.1. The van der Waals surface area contributed by atoms with Gasteiger partial charge in [0, 0.05) is 18.3 Å². The molecule has 0 aliphatic heterocycles. The van der Waals surface area contributed by atoms with E-state index in [4.69, 9.17) is 14.7 Å². The Labute approximate surface area is 144 Å². The molecule has 0 spiro atoms. The summed E-state index contributed by atoms with van der Waals surface area (Å²) in [5.74, 6) is -0.109. The van der Waals surface area contributed by atoms with Crippen LogP contribution >= 0.6 is 0 Å². The fraction of sp³-hybridized carbons (Fsp3) is 0.235. The SMILES string of the molecule is COc1cc(OS(=O)(=O)C2CC2)cc2c1c(C(N)=O)c1ccccn12. The molecule has 0 radical (unpaired) electrons. The average molecular weight is 360 g/mol. The molecule has 2 heterocycles. The van der Waals surface area contributed by atoms with Gasteiger partial charge in [-0.2, -0.15) is 8.42 Å². The number of ether oxygens (including phenoxy) is 1. The summed E-state index contributed by atoms with van der Waals surface area (Å²) in [7, 11) is -2.21. The number of carbonyl (C=O) groups is 1. The lowest BCUT2D eigenvalue weighted by Gasteiger charge is -2.09. The number of primary amides is 1. The minimum Gasteiger partial charge on any atom is -0.496 e. The Morgan fingerprint density at radius 2 is 2.00 bits per heavy atom. The van der Waals surface area contributed by atoms with Crippen molar-refractivity contribution >= 4 is 32.4 Å². The van der Waals surface area contributed by atoms with E-state index in [2.05, 4.69) is 0 Å². The van der Waals surface area contributed by atoms with E-state index in [0.29, 0.717) is 40.6 Å². The molecule has 1 aromatic carbocycles. The Hall–Kier alpha value is -2.74. The zero-order valence-electron chi connectivity index (χ0n) is 13.4. The maximum Gasteiger partial charge on any atom is 0.312 e. The molecular weight excluding hydrogens is 344 g/mol. The van der Waals surface area contributed by atoms with Gasteiger partial charge in [-0.3, -0.25) is 4.79 Å². The number of nitrogens with zero attached hydrogens (tertiary/aromatic N) is 1. The third-order valence-electron chi connectivity index (χ3n) is 4.29. The van der Waals surface area contributed by atoms with Gasteiger partial charge in [-0.05, 0) is 25.0 Å². The van der Waals surface area contributed by atoms with Crippen LogP contribution in [0.1, 0.15) is 23.2 Å². The number of benzene rings is 1. The Kier molecular flexibility index (Phi) is 3.40. The first-order chi connectivity index (χ1) is 11.9. The summed E-state index contributed by atoms with van der Waals surface area (Å²) in [6.45, 7) is 0. The van der Waals surface area contributed by atoms with Crippen molar-refractivity contribution in [1.82, 2.24) is 4.40 Å². The topological polar surface area (TPSA) is 100 Å². The molecule has 25 heavy (non-hydrogen) atoms. The van der Waals surface area contributed by atoms with Crippen LogP contribution in [0.4, 0.5) is 0 Å². The van der Waals surface area contributed by atoms with Gasteiger partial charge in [0.05, 0.1) is 34.3 Å². The number of nitrogens with two attached hydrogens (primary N) is 1. The largest absolute Gasteiger partial charge is 0.496 e. The van der Waals surface area contributed by atoms with E-state index < -0.39 is 21.3 Å². The molecule has 1 aliphatic rings. The van der Waals surface area contributed by atoms with Gasteiger partial charge in [0.2, 0.25) is 0 Å². The number of aromatic nitrogens is 1. The summed E-state index contributed by atoms with van der Waals surface area (Å²) >= 11 is 0. The van der Waals surface area contributed by atoms with Gasteiger partial charge < -0.3 is 19.1 Å². The van der Waals surface area contributed by atoms with Crippen molar-refractivity contribution in [2.45, 2.75) is 18.1 Å². The van der Waals surface area contributed by atoms with Gasteiger partial charge in [-0.15, -0.1) is 0 Å². The number of carbonyl (C=O) groups excluding carboxylic acids is 1. The zero-order valence-corrected chi connectivity index (χ0v) is 14.2. The first-order valence-electron chi connectivity index (χ1n) is 7.76. The molecule has 0 saturated heterocycles. The fourth-order valence-corrected chi connectivity index (χ4v) is 4.23. The van der Waals surface area contributed by atoms with Gasteiger partial charge >= 0.3 is 10.1 Å². The molecule has 1 saturated carbocycles. The lowest BCUT2D eigenvalue weighted by molar-refractivity contribution is 0.100. The predicted molar refractivity (Wildman–Crippen MR) is 92.5 cm³/mol. The highest BCUT2D eigenvalue weighted by atomic mass is 32.2. The second-order valence-corrected chi connectivity index (χ2v) is 7.81. The minimum atomic E-state index is -3.65. The number of fused-ring (bicyclic) bond motifs is 3. The van der Waals surface area contributed by atoms with Crippen LogP contribution in [0, 0.1) is 0 Å². The van der Waals surface area contributed by atoms with Gasteiger partial charge in [-0.25, -0.2) is 0 Å². The molecule has 4 rings (SSSR count). The predicted octanol–water partition coefficient (Wildman–Crippen LogP) is 2.07. The first kappa shape index (κ1) is 15.8. The normalized spacial score (nSPS) is 14.8. The number of hydrogen-bond donors (Lipinski definition) is 1. The highest BCUT2D eigenvalue weighted by Gasteiger charge is 2.38. The Balaban J connectivity index is 2.01. The van der Waals surface area contributed by atoms with E-state index in [1.54, 1.807) is 34.9 Å². The van der Waals surface area contributed by atoms with E-state index in [1.165, 1.54) is 13.2 Å². The standard InChI is InChI=1S/C17H16N2O5S/c1-23-14-9-10(24-25(21,22)11-5-6-11)8-13-15(14)16(17(18)20)12-4-2-3-7-19(12)13/h2-4,7-9,11H,5-6H2,1H3,(H2,18,20). The molecule has 8 heteroatoms. The highest BCUT2D eigenvalue weighted by molar-refractivity contribution is 7.88. The van der Waals surface area contributed by atoms with Crippen LogP contribution < -0.4 is 14.7 Å². The lowest BCUT2D eigenvalue weighted by atomic mass is 10.1. The molecule has 0 unspecified atom stereocenters. The molecule has 130 valence electrons. The second kappa shape index (κ2) is 5.38. The van der Waals surface area contributed by atoms with Crippen LogP contribution in [0.2, 0.25) is 0 Å². The van der Waals surface area contributed by atoms with Crippen LogP contribution in [0.3, 0.4) is 0 Å². The van der Waals surface area contributed by atoms with Crippen molar-refractivity contribution in [1.29, 1.82) is 0 Å². The summed E-state index contributed by atoms with van der Waals surface area (Å²) in [5, 5.41) is 0.0804. The number of methoxy groups -OCH3 is 1. The number of hydrogen-bond acceptors (Lipinski definition) is 5. The highest BCUT2D eigenvalue weighted by Crippen LogP contribution is 2.39. The summed E-state index contributed by atoms with van der Waals surface area (Å²) in [6.07, 6.45) is 2.99. The molecule has 1 aliphatic carbocycles. The second-order valence-electron chi connectivity index (χ2n) is 5.99. The quantitative estimate of drug-likeness (QED) is 0.702. The monoisotopic (exact) mass is 360 g/mol. The zero-order chi connectivity index (χ0) is 17.8. The minimum absolute atomic E-state index is 0.149. The maximum atomic E-state index is 12.1. The van der Waals surface area contributed by atoms with Crippen LogP contribution in [-0.2, 0) is 10.1 Å². The van der Waals surface area contributed by atoms with Gasteiger partial charge in [0.1, 0.15) is 11.5 Å². The van der Waals surface area contributed by atoms with E-state index in [0.717, 1.165) is 0 Å². The number of pyridine rings is 1.